The van der Waals surface area contributed by atoms with Crippen LogP contribution in [0.4, 0.5) is 0 Å². The summed E-state index contributed by atoms with van der Waals surface area (Å²) in [7, 11) is 0. The normalized spacial score (nSPS) is 13.5. The van der Waals surface area contributed by atoms with Crippen LogP contribution >= 0.6 is 0 Å². The molecular formula is C11H13NO. The van der Waals surface area contributed by atoms with Gasteiger partial charge in [0.1, 0.15) is 0 Å². The van der Waals surface area contributed by atoms with E-state index in [0.29, 0.717) is 0 Å². The predicted octanol–water partition coefficient (Wildman–Crippen LogP) is 2.53. The van der Waals surface area contributed by atoms with Crippen LogP contribution in [0.5, 0.6) is 0 Å². The molecule has 68 valence electrons. The Bertz CT molecular complexity index is 429. The number of aryl methyl sites for hydroxylation is 1. The van der Waals surface area contributed by atoms with Crippen molar-refractivity contribution in [2.45, 2.75) is 20.0 Å². The van der Waals surface area contributed by atoms with Gasteiger partial charge in [-0.15, -0.1) is 0 Å². The lowest BCUT2D eigenvalue weighted by atomic mass is 10.1. The van der Waals surface area contributed by atoms with E-state index in [-0.39, 0.29) is 0 Å². The molecule has 0 saturated carbocycles. The minimum atomic E-state index is -0.407. The molecule has 2 aromatic rings. The summed E-state index contributed by atoms with van der Waals surface area (Å²) in [6.07, 6.45) is 1.47. The number of hydrogen-bond donors (Lipinski definition) is 2. The Morgan fingerprint density at radius 3 is 2.85 bits per heavy atom. The Balaban J connectivity index is 2.75. The fourth-order valence-corrected chi connectivity index (χ4v) is 1.67. The zero-order valence-corrected chi connectivity index (χ0v) is 7.83. The van der Waals surface area contributed by atoms with Crippen molar-refractivity contribution in [3.63, 3.8) is 0 Å². The highest BCUT2D eigenvalue weighted by molar-refractivity contribution is 5.86. The first-order valence-electron chi connectivity index (χ1n) is 4.45. The van der Waals surface area contributed by atoms with Crippen LogP contribution < -0.4 is 0 Å². The van der Waals surface area contributed by atoms with E-state index in [1.165, 1.54) is 5.56 Å². The van der Waals surface area contributed by atoms with Crippen LogP contribution in [0, 0.1) is 6.92 Å². The van der Waals surface area contributed by atoms with Gasteiger partial charge >= 0.3 is 0 Å². The molecule has 0 fully saturated rings. The van der Waals surface area contributed by atoms with Gasteiger partial charge in [-0.05, 0) is 19.4 Å². The third-order valence-corrected chi connectivity index (χ3v) is 2.41. The first kappa shape index (κ1) is 8.32. The largest absolute Gasteiger partial charge is 0.389 e. The van der Waals surface area contributed by atoms with E-state index in [9.17, 15) is 5.11 Å². The number of H-pyrrole nitrogens is 1. The van der Waals surface area contributed by atoms with Crippen molar-refractivity contribution in [2.24, 2.45) is 0 Å². The van der Waals surface area contributed by atoms with E-state index in [4.69, 9.17) is 0 Å². The van der Waals surface area contributed by atoms with Crippen molar-refractivity contribution in [3.05, 3.63) is 35.5 Å². The molecular weight excluding hydrogens is 162 g/mol. The van der Waals surface area contributed by atoms with Gasteiger partial charge in [0, 0.05) is 22.7 Å². The molecule has 0 bridgehead atoms. The maximum Gasteiger partial charge on any atom is 0.0782 e. The maximum absolute atomic E-state index is 9.48. The Labute approximate surface area is 77.2 Å². The second-order valence-corrected chi connectivity index (χ2v) is 3.42. The summed E-state index contributed by atoms with van der Waals surface area (Å²) in [5.41, 5.74) is 3.31. The van der Waals surface area contributed by atoms with Gasteiger partial charge in [-0.1, -0.05) is 18.2 Å². The molecule has 2 heteroatoms. The summed E-state index contributed by atoms with van der Waals surface area (Å²) in [6, 6.07) is 6.10. The van der Waals surface area contributed by atoms with Gasteiger partial charge in [0.05, 0.1) is 6.10 Å². The number of hydrogen-bond acceptors (Lipinski definition) is 1. The fourth-order valence-electron chi connectivity index (χ4n) is 1.67. The van der Waals surface area contributed by atoms with Crippen molar-refractivity contribution in [3.8, 4) is 0 Å². The minimum Gasteiger partial charge on any atom is -0.389 e. The molecule has 0 aliphatic heterocycles. The number of para-hydroxylation sites is 1. The molecule has 13 heavy (non-hydrogen) atoms. The highest BCUT2D eigenvalue weighted by atomic mass is 16.3. The first-order chi connectivity index (χ1) is 6.20. The molecule has 1 heterocycles. The summed E-state index contributed by atoms with van der Waals surface area (Å²) >= 11 is 0. The van der Waals surface area contributed by atoms with E-state index < -0.39 is 6.10 Å². The maximum atomic E-state index is 9.48. The third kappa shape index (κ3) is 1.23. The first-order valence-corrected chi connectivity index (χ1v) is 4.45. The van der Waals surface area contributed by atoms with Crippen LogP contribution in [0.2, 0.25) is 0 Å². The van der Waals surface area contributed by atoms with Gasteiger partial charge in [0.2, 0.25) is 0 Å². The number of aliphatic hydroxyl groups is 1. The zero-order valence-electron chi connectivity index (χ0n) is 7.83. The lowest BCUT2D eigenvalue weighted by molar-refractivity contribution is 0.201. The second-order valence-electron chi connectivity index (χ2n) is 3.42. The Morgan fingerprint density at radius 1 is 1.38 bits per heavy atom. The average molecular weight is 175 g/mol. The molecule has 2 nitrogen and oxygen atoms in total. The van der Waals surface area contributed by atoms with Crippen LogP contribution in [0.15, 0.2) is 24.4 Å². The van der Waals surface area contributed by atoms with Crippen LogP contribution in [-0.4, -0.2) is 10.1 Å². The standard InChI is InChI=1S/C11H13NO/c1-7-4-3-5-9-10(8(2)13)6-12-11(7)9/h3-6,8,12-13H,1-2H3. The number of nitrogens with one attached hydrogen (secondary N) is 1. The van der Waals surface area contributed by atoms with Gasteiger partial charge in [-0.3, -0.25) is 0 Å². The summed E-state index contributed by atoms with van der Waals surface area (Å²) in [4.78, 5) is 3.18. The van der Waals surface area contributed by atoms with Crippen LogP contribution in [-0.2, 0) is 0 Å². The van der Waals surface area contributed by atoms with Crippen molar-refractivity contribution in [2.75, 3.05) is 0 Å². The van der Waals surface area contributed by atoms with Gasteiger partial charge in [0.25, 0.3) is 0 Å². The van der Waals surface area contributed by atoms with Gasteiger partial charge in [0.15, 0.2) is 0 Å². The monoisotopic (exact) mass is 175 g/mol. The van der Waals surface area contributed by atoms with Gasteiger partial charge in [-0.2, -0.15) is 0 Å². The second kappa shape index (κ2) is 2.89. The quantitative estimate of drug-likeness (QED) is 0.686. The molecule has 0 aliphatic rings. The number of aromatic amines is 1. The summed E-state index contributed by atoms with van der Waals surface area (Å²) in [5.74, 6) is 0. The summed E-state index contributed by atoms with van der Waals surface area (Å²) in [6.45, 7) is 3.84. The summed E-state index contributed by atoms with van der Waals surface area (Å²) in [5, 5.41) is 10.6. The van der Waals surface area contributed by atoms with Crippen molar-refractivity contribution < 1.29 is 5.11 Å². The highest BCUT2D eigenvalue weighted by Crippen LogP contribution is 2.25. The molecule has 1 aromatic heterocycles. The molecule has 1 atom stereocenters. The lowest BCUT2D eigenvalue weighted by Crippen LogP contribution is -1.87. The topological polar surface area (TPSA) is 36.0 Å². The lowest BCUT2D eigenvalue weighted by Gasteiger charge is -2.01. The third-order valence-electron chi connectivity index (χ3n) is 2.41. The molecule has 0 saturated heterocycles. The van der Waals surface area contributed by atoms with Gasteiger partial charge in [-0.25, -0.2) is 0 Å². The highest BCUT2D eigenvalue weighted by Gasteiger charge is 2.08. The molecule has 1 unspecified atom stereocenters. The van der Waals surface area contributed by atoms with E-state index in [1.807, 2.05) is 18.3 Å². The van der Waals surface area contributed by atoms with E-state index in [2.05, 4.69) is 18.0 Å². The number of benzene rings is 1. The smallest absolute Gasteiger partial charge is 0.0782 e. The molecule has 0 aliphatic carbocycles. The number of fused-ring (bicyclic) bond motifs is 1. The molecule has 0 radical (unpaired) electrons. The summed E-state index contributed by atoms with van der Waals surface area (Å²) < 4.78 is 0. The Morgan fingerprint density at radius 2 is 2.15 bits per heavy atom. The SMILES string of the molecule is Cc1cccc2c(C(C)O)c[nH]c12. The molecule has 1 aromatic carbocycles. The molecule has 0 spiro atoms. The zero-order chi connectivity index (χ0) is 9.42. The van der Waals surface area contributed by atoms with E-state index >= 15 is 0 Å². The van der Waals surface area contributed by atoms with Crippen molar-refractivity contribution in [1.29, 1.82) is 0 Å². The number of aliphatic hydroxyl groups excluding tert-OH is 1. The average Bonchev–Trinajstić information content (AvgIpc) is 2.48. The Hall–Kier alpha value is -1.28. The van der Waals surface area contributed by atoms with E-state index in [1.54, 1.807) is 6.92 Å². The Kier molecular flexibility index (Phi) is 1.85. The number of aromatic nitrogens is 1. The minimum absolute atomic E-state index is 0.407. The van der Waals surface area contributed by atoms with Crippen LogP contribution in [0.25, 0.3) is 10.9 Å². The fraction of sp³-hybridized carbons (Fsp3) is 0.273. The van der Waals surface area contributed by atoms with Gasteiger partial charge < -0.3 is 10.1 Å². The van der Waals surface area contributed by atoms with E-state index in [0.717, 1.165) is 16.5 Å². The molecule has 2 rings (SSSR count). The number of rotatable bonds is 1. The van der Waals surface area contributed by atoms with Crippen molar-refractivity contribution in [1.82, 2.24) is 4.98 Å². The van der Waals surface area contributed by atoms with Crippen LogP contribution in [0.3, 0.4) is 0 Å². The van der Waals surface area contributed by atoms with Crippen molar-refractivity contribution >= 4 is 10.9 Å². The molecule has 2 N–H and O–H groups in total. The van der Waals surface area contributed by atoms with Crippen LogP contribution in [0.1, 0.15) is 24.2 Å². The molecule has 0 amide bonds. The predicted molar refractivity (Wildman–Crippen MR) is 53.7 cm³/mol.